The van der Waals surface area contributed by atoms with Crippen LogP contribution in [0, 0.1) is 11.3 Å². The molecule has 0 aromatic carbocycles. The monoisotopic (exact) mass is 209 g/mol. The molecular formula is C13H23NO. The summed E-state index contributed by atoms with van der Waals surface area (Å²) in [7, 11) is 0. The van der Waals surface area contributed by atoms with Crippen LogP contribution in [0.5, 0.6) is 0 Å². The van der Waals surface area contributed by atoms with Gasteiger partial charge in [-0.05, 0) is 18.8 Å². The van der Waals surface area contributed by atoms with Crippen molar-refractivity contribution in [2.45, 2.75) is 52.9 Å². The minimum Gasteiger partial charge on any atom is -0.330 e. The van der Waals surface area contributed by atoms with Crippen molar-refractivity contribution in [3.63, 3.8) is 0 Å². The van der Waals surface area contributed by atoms with E-state index in [1.165, 1.54) is 32.1 Å². The maximum Gasteiger partial charge on any atom is 0.229 e. The molecule has 2 heteroatoms. The number of amides is 1. The lowest BCUT2D eigenvalue weighted by atomic mass is 9.86. The normalized spacial score (nSPS) is 18.6. The summed E-state index contributed by atoms with van der Waals surface area (Å²) in [6, 6.07) is 0. The van der Waals surface area contributed by atoms with Crippen LogP contribution in [0.25, 0.3) is 0 Å². The Hall–Kier alpha value is -0.790. The third-order valence-electron chi connectivity index (χ3n) is 3.05. The predicted octanol–water partition coefficient (Wildman–Crippen LogP) is 3.24. The van der Waals surface area contributed by atoms with E-state index in [0.29, 0.717) is 5.92 Å². The Balaban J connectivity index is 2.44. The van der Waals surface area contributed by atoms with Crippen LogP contribution >= 0.6 is 0 Å². The zero-order chi connectivity index (χ0) is 11.5. The van der Waals surface area contributed by atoms with Crippen LogP contribution in [-0.2, 0) is 4.79 Å². The van der Waals surface area contributed by atoms with Crippen LogP contribution in [-0.4, -0.2) is 5.91 Å². The Morgan fingerprint density at radius 2 is 1.73 bits per heavy atom. The molecule has 0 aliphatic heterocycles. The number of carbonyl (C=O) groups excluding carboxylic acids is 1. The minimum atomic E-state index is -0.322. The van der Waals surface area contributed by atoms with E-state index in [0.717, 1.165) is 5.70 Å². The van der Waals surface area contributed by atoms with Gasteiger partial charge in [-0.2, -0.15) is 0 Å². The van der Waals surface area contributed by atoms with Gasteiger partial charge in [-0.1, -0.05) is 46.6 Å². The van der Waals surface area contributed by atoms with Crippen LogP contribution in [0.1, 0.15) is 52.9 Å². The first-order valence-electron chi connectivity index (χ1n) is 5.91. The summed E-state index contributed by atoms with van der Waals surface area (Å²) >= 11 is 0. The number of allylic oxidation sites excluding steroid dienone is 1. The van der Waals surface area contributed by atoms with Gasteiger partial charge >= 0.3 is 0 Å². The molecule has 86 valence electrons. The van der Waals surface area contributed by atoms with Gasteiger partial charge in [-0.15, -0.1) is 0 Å². The molecule has 0 atom stereocenters. The Bertz CT molecular complexity index is 244. The van der Waals surface area contributed by atoms with Gasteiger partial charge < -0.3 is 5.32 Å². The highest BCUT2D eigenvalue weighted by Crippen LogP contribution is 2.28. The van der Waals surface area contributed by atoms with E-state index in [1.54, 1.807) is 0 Å². The molecule has 1 aliphatic carbocycles. The van der Waals surface area contributed by atoms with E-state index in [2.05, 4.69) is 11.9 Å². The lowest BCUT2D eigenvalue weighted by molar-refractivity contribution is -0.127. The Kier molecular flexibility index (Phi) is 3.95. The third kappa shape index (κ3) is 3.69. The molecule has 2 nitrogen and oxygen atoms in total. The van der Waals surface area contributed by atoms with Gasteiger partial charge in [0.2, 0.25) is 5.91 Å². The first kappa shape index (κ1) is 12.3. The molecule has 1 aliphatic rings. The van der Waals surface area contributed by atoms with Crippen molar-refractivity contribution in [2.75, 3.05) is 0 Å². The molecule has 0 radical (unpaired) electrons. The largest absolute Gasteiger partial charge is 0.330 e. The van der Waals surface area contributed by atoms with Crippen molar-refractivity contribution >= 4 is 5.91 Å². The SMILES string of the molecule is C=C(NC(=O)C(C)(C)C)C1CCCCC1. The van der Waals surface area contributed by atoms with Crippen LogP contribution in [0.15, 0.2) is 12.3 Å². The first-order chi connectivity index (χ1) is 6.91. The van der Waals surface area contributed by atoms with Crippen molar-refractivity contribution in [1.82, 2.24) is 5.32 Å². The van der Waals surface area contributed by atoms with Gasteiger partial charge in [0.05, 0.1) is 0 Å². The predicted molar refractivity (Wildman–Crippen MR) is 63.3 cm³/mol. The molecule has 1 saturated carbocycles. The number of hydrogen-bond acceptors (Lipinski definition) is 1. The summed E-state index contributed by atoms with van der Waals surface area (Å²) in [5, 5.41) is 2.96. The third-order valence-corrected chi connectivity index (χ3v) is 3.05. The summed E-state index contributed by atoms with van der Waals surface area (Å²) in [6.07, 6.45) is 6.24. The van der Waals surface area contributed by atoms with Crippen LogP contribution in [0.4, 0.5) is 0 Å². The quantitative estimate of drug-likeness (QED) is 0.743. The molecular weight excluding hydrogens is 186 g/mol. The van der Waals surface area contributed by atoms with Crippen LogP contribution in [0.2, 0.25) is 0 Å². The molecule has 1 fully saturated rings. The van der Waals surface area contributed by atoms with Gasteiger partial charge in [0.15, 0.2) is 0 Å². The van der Waals surface area contributed by atoms with Gasteiger partial charge in [0, 0.05) is 11.1 Å². The van der Waals surface area contributed by atoms with Gasteiger partial charge in [0.1, 0.15) is 0 Å². The fourth-order valence-corrected chi connectivity index (χ4v) is 1.89. The average Bonchev–Trinajstić information content (AvgIpc) is 2.17. The van der Waals surface area contributed by atoms with E-state index in [-0.39, 0.29) is 11.3 Å². The summed E-state index contributed by atoms with van der Waals surface area (Å²) in [6.45, 7) is 9.78. The number of hydrogen-bond donors (Lipinski definition) is 1. The lowest BCUT2D eigenvalue weighted by Gasteiger charge is -2.26. The second-order valence-corrected chi connectivity index (χ2v) is 5.56. The van der Waals surface area contributed by atoms with Crippen molar-refractivity contribution in [2.24, 2.45) is 11.3 Å². The molecule has 0 aromatic rings. The highest BCUT2D eigenvalue weighted by atomic mass is 16.2. The molecule has 1 rings (SSSR count). The summed E-state index contributed by atoms with van der Waals surface area (Å²) in [4.78, 5) is 11.7. The van der Waals surface area contributed by atoms with Gasteiger partial charge in [-0.3, -0.25) is 4.79 Å². The highest BCUT2D eigenvalue weighted by molar-refractivity contribution is 5.82. The van der Waals surface area contributed by atoms with E-state index >= 15 is 0 Å². The van der Waals surface area contributed by atoms with Crippen molar-refractivity contribution in [3.05, 3.63) is 12.3 Å². The van der Waals surface area contributed by atoms with E-state index in [1.807, 2.05) is 20.8 Å². The molecule has 0 heterocycles. The zero-order valence-corrected chi connectivity index (χ0v) is 10.2. The van der Waals surface area contributed by atoms with E-state index in [4.69, 9.17) is 0 Å². The minimum absolute atomic E-state index is 0.0815. The Morgan fingerprint density at radius 1 is 1.20 bits per heavy atom. The smallest absolute Gasteiger partial charge is 0.229 e. The number of rotatable bonds is 2. The van der Waals surface area contributed by atoms with Crippen LogP contribution in [0.3, 0.4) is 0 Å². The second-order valence-electron chi connectivity index (χ2n) is 5.56. The maximum absolute atomic E-state index is 11.7. The topological polar surface area (TPSA) is 29.1 Å². The summed E-state index contributed by atoms with van der Waals surface area (Å²) in [5.74, 6) is 0.586. The second kappa shape index (κ2) is 4.82. The van der Waals surface area contributed by atoms with Crippen molar-refractivity contribution in [3.8, 4) is 0 Å². The number of carbonyl (C=O) groups is 1. The summed E-state index contributed by atoms with van der Waals surface area (Å²) in [5.41, 5.74) is 0.604. The fourth-order valence-electron chi connectivity index (χ4n) is 1.89. The Labute approximate surface area is 93.1 Å². The molecule has 0 bridgehead atoms. The van der Waals surface area contributed by atoms with Crippen LogP contribution < -0.4 is 5.32 Å². The standard InChI is InChI=1S/C13H23NO/c1-10(11-8-6-5-7-9-11)14-12(15)13(2,3)4/h11H,1,5-9H2,2-4H3,(H,14,15). The van der Waals surface area contributed by atoms with Crippen molar-refractivity contribution in [1.29, 1.82) is 0 Å². The lowest BCUT2D eigenvalue weighted by Crippen LogP contribution is -2.36. The molecule has 0 spiro atoms. The number of nitrogens with one attached hydrogen (secondary N) is 1. The molecule has 1 amide bonds. The first-order valence-corrected chi connectivity index (χ1v) is 5.91. The van der Waals surface area contributed by atoms with Gasteiger partial charge in [-0.25, -0.2) is 0 Å². The maximum atomic E-state index is 11.7. The fraction of sp³-hybridized carbons (Fsp3) is 0.769. The molecule has 15 heavy (non-hydrogen) atoms. The van der Waals surface area contributed by atoms with Gasteiger partial charge in [0.25, 0.3) is 0 Å². The summed E-state index contributed by atoms with van der Waals surface area (Å²) < 4.78 is 0. The molecule has 0 saturated heterocycles. The average molecular weight is 209 g/mol. The van der Waals surface area contributed by atoms with E-state index in [9.17, 15) is 4.79 Å². The molecule has 0 unspecified atom stereocenters. The van der Waals surface area contributed by atoms with E-state index < -0.39 is 0 Å². The van der Waals surface area contributed by atoms with Crippen molar-refractivity contribution < 1.29 is 4.79 Å². The highest BCUT2D eigenvalue weighted by Gasteiger charge is 2.24. The zero-order valence-electron chi connectivity index (χ0n) is 10.2. The molecule has 1 N–H and O–H groups in total. The molecule has 0 aromatic heterocycles. The Morgan fingerprint density at radius 3 is 2.20 bits per heavy atom.